The normalized spacial score (nSPS) is 21.6. The van der Waals surface area contributed by atoms with Crippen molar-refractivity contribution < 1.29 is 13.2 Å². The number of benzene rings is 1. The zero-order valence-electron chi connectivity index (χ0n) is 14.1. The SMILES string of the molecule is O=C(CSc1nnnn1-c1ccccc1)N(C1CC1)[C@H]1CCS(=O)(=O)C1. The van der Waals surface area contributed by atoms with E-state index < -0.39 is 9.84 Å². The van der Waals surface area contributed by atoms with E-state index in [9.17, 15) is 13.2 Å². The summed E-state index contributed by atoms with van der Waals surface area (Å²) in [5.74, 6) is 0.414. The molecule has 26 heavy (non-hydrogen) atoms. The lowest BCUT2D eigenvalue weighted by atomic mass is 10.2. The predicted molar refractivity (Wildman–Crippen MR) is 96.8 cm³/mol. The van der Waals surface area contributed by atoms with Crippen LogP contribution in [0.5, 0.6) is 0 Å². The molecule has 1 aromatic heterocycles. The van der Waals surface area contributed by atoms with Crippen molar-refractivity contribution in [3.63, 3.8) is 0 Å². The van der Waals surface area contributed by atoms with Gasteiger partial charge in [-0.05, 0) is 41.8 Å². The maximum atomic E-state index is 12.8. The van der Waals surface area contributed by atoms with Gasteiger partial charge in [-0.3, -0.25) is 4.79 Å². The van der Waals surface area contributed by atoms with E-state index in [4.69, 9.17) is 0 Å². The first-order valence-corrected chi connectivity index (χ1v) is 11.3. The van der Waals surface area contributed by atoms with Gasteiger partial charge in [0.25, 0.3) is 0 Å². The fourth-order valence-electron chi connectivity index (χ4n) is 3.25. The monoisotopic (exact) mass is 393 g/mol. The lowest BCUT2D eigenvalue weighted by molar-refractivity contribution is -0.130. The fourth-order valence-corrected chi connectivity index (χ4v) is 5.73. The number of carbonyl (C=O) groups excluding carboxylic acids is 1. The van der Waals surface area contributed by atoms with Crippen molar-refractivity contribution in [3.05, 3.63) is 30.3 Å². The van der Waals surface area contributed by atoms with Crippen LogP contribution in [0.4, 0.5) is 0 Å². The topological polar surface area (TPSA) is 98.1 Å². The van der Waals surface area contributed by atoms with Crippen molar-refractivity contribution in [3.8, 4) is 5.69 Å². The van der Waals surface area contributed by atoms with Crippen LogP contribution in [0.3, 0.4) is 0 Å². The Labute approximate surface area is 155 Å². The minimum absolute atomic E-state index is 0.0396. The van der Waals surface area contributed by atoms with E-state index in [0.717, 1.165) is 18.5 Å². The number of thioether (sulfide) groups is 1. The Morgan fingerprint density at radius 3 is 2.62 bits per heavy atom. The second-order valence-electron chi connectivity index (χ2n) is 6.59. The van der Waals surface area contributed by atoms with Gasteiger partial charge in [-0.2, -0.15) is 4.68 Å². The van der Waals surface area contributed by atoms with Gasteiger partial charge < -0.3 is 4.90 Å². The summed E-state index contributed by atoms with van der Waals surface area (Å²) in [5.41, 5.74) is 0.827. The second kappa shape index (κ2) is 6.99. The number of tetrazole rings is 1. The predicted octanol–water partition coefficient (Wildman–Crippen LogP) is 0.933. The minimum atomic E-state index is -3.02. The van der Waals surface area contributed by atoms with Crippen LogP contribution >= 0.6 is 11.8 Å². The van der Waals surface area contributed by atoms with Crippen molar-refractivity contribution in [1.82, 2.24) is 25.1 Å². The van der Waals surface area contributed by atoms with Gasteiger partial charge in [0.2, 0.25) is 11.1 Å². The fraction of sp³-hybridized carbons (Fsp3) is 0.500. The molecule has 138 valence electrons. The number of para-hydroxylation sites is 1. The van der Waals surface area contributed by atoms with Gasteiger partial charge in [0.15, 0.2) is 9.84 Å². The van der Waals surface area contributed by atoms with Crippen molar-refractivity contribution in [2.75, 3.05) is 17.3 Å². The van der Waals surface area contributed by atoms with Crippen molar-refractivity contribution in [2.24, 2.45) is 0 Å². The number of amides is 1. The molecule has 0 N–H and O–H groups in total. The Hall–Kier alpha value is -1.94. The standard InChI is InChI=1S/C16H19N5O3S2/c22-15(20(12-6-7-12)14-8-9-26(23,24)11-14)10-25-16-17-18-19-21(16)13-4-2-1-3-5-13/h1-5,12,14H,6-11H2/t14-/m0/s1. The molecule has 0 bridgehead atoms. The molecule has 1 amide bonds. The average molecular weight is 393 g/mol. The van der Waals surface area contributed by atoms with Crippen LogP contribution in [0.15, 0.2) is 35.5 Å². The van der Waals surface area contributed by atoms with E-state index in [1.807, 2.05) is 30.3 Å². The molecule has 0 spiro atoms. The second-order valence-corrected chi connectivity index (χ2v) is 9.76. The smallest absolute Gasteiger partial charge is 0.233 e. The maximum absolute atomic E-state index is 12.8. The zero-order valence-corrected chi connectivity index (χ0v) is 15.7. The minimum Gasteiger partial charge on any atom is -0.335 e. The number of rotatable bonds is 6. The molecule has 2 fully saturated rings. The van der Waals surface area contributed by atoms with Crippen LogP contribution in [0, 0.1) is 0 Å². The van der Waals surface area contributed by atoms with E-state index in [-0.39, 0.29) is 35.2 Å². The molecule has 4 rings (SSSR count). The highest BCUT2D eigenvalue weighted by molar-refractivity contribution is 7.99. The summed E-state index contributed by atoms with van der Waals surface area (Å²) in [6, 6.07) is 9.48. The van der Waals surface area contributed by atoms with Gasteiger partial charge in [0, 0.05) is 12.1 Å². The molecule has 0 radical (unpaired) electrons. The van der Waals surface area contributed by atoms with Crippen LogP contribution in [0.2, 0.25) is 0 Å². The van der Waals surface area contributed by atoms with Crippen LogP contribution in [-0.2, 0) is 14.6 Å². The molecule has 2 heterocycles. The first-order valence-electron chi connectivity index (χ1n) is 8.52. The Balaban J connectivity index is 1.45. The van der Waals surface area contributed by atoms with E-state index in [2.05, 4.69) is 15.5 Å². The number of nitrogens with zero attached hydrogens (tertiary/aromatic N) is 5. The van der Waals surface area contributed by atoms with Crippen LogP contribution in [-0.4, -0.2) is 68.8 Å². The average Bonchev–Trinajstić information content (AvgIpc) is 3.22. The molecule has 1 atom stereocenters. The van der Waals surface area contributed by atoms with Crippen molar-refractivity contribution in [2.45, 2.75) is 36.5 Å². The molecular weight excluding hydrogens is 374 g/mol. The third kappa shape index (κ3) is 3.75. The summed E-state index contributed by atoms with van der Waals surface area (Å²) in [7, 11) is -3.02. The molecule has 1 aliphatic carbocycles. The highest BCUT2D eigenvalue weighted by Gasteiger charge is 2.42. The van der Waals surface area contributed by atoms with E-state index >= 15 is 0 Å². The summed E-state index contributed by atoms with van der Waals surface area (Å²) < 4.78 is 25.2. The quantitative estimate of drug-likeness (QED) is 0.673. The number of carbonyl (C=O) groups is 1. The molecule has 1 aromatic carbocycles. The first kappa shape index (κ1) is 17.5. The van der Waals surface area contributed by atoms with Crippen LogP contribution in [0.1, 0.15) is 19.3 Å². The molecule has 1 saturated carbocycles. The summed E-state index contributed by atoms with van der Waals surface area (Å²) >= 11 is 1.28. The molecule has 8 nitrogen and oxygen atoms in total. The van der Waals surface area contributed by atoms with E-state index in [1.165, 1.54) is 11.8 Å². The number of sulfone groups is 1. The number of hydrogen-bond donors (Lipinski definition) is 0. The number of hydrogen-bond acceptors (Lipinski definition) is 7. The van der Waals surface area contributed by atoms with Gasteiger partial charge in [0.05, 0.1) is 22.9 Å². The molecule has 10 heteroatoms. The summed E-state index contributed by atoms with van der Waals surface area (Å²) in [5, 5.41) is 12.2. The van der Waals surface area contributed by atoms with Gasteiger partial charge >= 0.3 is 0 Å². The first-order chi connectivity index (χ1) is 12.5. The summed E-state index contributed by atoms with van der Waals surface area (Å²) in [6.45, 7) is 0. The van der Waals surface area contributed by atoms with E-state index in [1.54, 1.807) is 9.58 Å². The molecule has 2 aromatic rings. The molecule has 1 saturated heterocycles. The van der Waals surface area contributed by atoms with E-state index in [0.29, 0.717) is 11.6 Å². The van der Waals surface area contributed by atoms with Crippen LogP contribution < -0.4 is 0 Å². The largest absolute Gasteiger partial charge is 0.335 e. The molecule has 1 aliphatic heterocycles. The Morgan fingerprint density at radius 2 is 1.96 bits per heavy atom. The Bertz CT molecular complexity index is 896. The zero-order chi connectivity index (χ0) is 18.1. The molecule has 0 unspecified atom stereocenters. The third-order valence-electron chi connectivity index (χ3n) is 4.60. The van der Waals surface area contributed by atoms with Gasteiger partial charge in [-0.15, -0.1) is 5.10 Å². The van der Waals surface area contributed by atoms with Crippen LogP contribution in [0.25, 0.3) is 5.69 Å². The maximum Gasteiger partial charge on any atom is 0.233 e. The lowest BCUT2D eigenvalue weighted by Crippen LogP contribution is -2.43. The Morgan fingerprint density at radius 1 is 1.19 bits per heavy atom. The molecular formula is C16H19N5O3S2. The molecule has 2 aliphatic rings. The summed E-state index contributed by atoms with van der Waals surface area (Å²) in [6.07, 6.45) is 2.44. The van der Waals surface area contributed by atoms with Gasteiger partial charge in [0.1, 0.15) is 0 Å². The lowest BCUT2D eigenvalue weighted by Gasteiger charge is -2.28. The Kier molecular flexibility index (Phi) is 4.70. The van der Waals surface area contributed by atoms with Gasteiger partial charge in [-0.1, -0.05) is 30.0 Å². The van der Waals surface area contributed by atoms with Crippen molar-refractivity contribution in [1.29, 1.82) is 0 Å². The van der Waals surface area contributed by atoms with Crippen molar-refractivity contribution >= 4 is 27.5 Å². The van der Waals surface area contributed by atoms with Gasteiger partial charge in [-0.25, -0.2) is 8.42 Å². The number of aromatic nitrogens is 4. The summed E-state index contributed by atoms with van der Waals surface area (Å²) in [4.78, 5) is 14.6. The highest BCUT2D eigenvalue weighted by atomic mass is 32.2. The third-order valence-corrected chi connectivity index (χ3v) is 7.25. The highest BCUT2D eigenvalue weighted by Crippen LogP contribution is 2.33.